The molecule has 0 spiro atoms. The zero-order valence-electron chi connectivity index (χ0n) is 18.0. The average Bonchev–Trinajstić information content (AvgIpc) is 2.78. The zero-order chi connectivity index (χ0) is 23.3. The van der Waals surface area contributed by atoms with E-state index < -0.39 is 24.4 Å². The van der Waals surface area contributed by atoms with Gasteiger partial charge in [-0.1, -0.05) is 18.2 Å². The van der Waals surface area contributed by atoms with Gasteiger partial charge in [-0.2, -0.15) is 0 Å². The first-order valence-corrected chi connectivity index (χ1v) is 9.77. The van der Waals surface area contributed by atoms with E-state index in [0.717, 1.165) is 11.3 Å². The van der Waals surface area contributed by atoms with Gasteiger partial charge in [0, 0.05) is 6.08 Å². The van der Waals surface area contributed by atoms with Crippen LogP contribution in [0, 0.1) is 6.92 Å². The van der Waals surface area contributed by atoms with E-state index in [1.807, 2.05) is 31.2 Å². The van der Waals surface area contributed by atoms with E-state index in [-0.39, 0.29) is 13.2 Å². The highest BCUT2D eigenvalue weighted by molar-refractivity contribution is 5.89. The molecule has 9 heteroatoms. The molecular formula is C23H26N2O7. The van der Waals surface area contributed by atoms with Gasteiger partial charge >= 0.3 is 5.97 Å². The molecule has 2 aromatic carbocycles. The molecule has 0 aliphatic heterocycles. The van der Waals surface area contributed by atoms with Gasteiger partial charge in [0.15, 0.2) is 24.7 Å². The van der Waals surface area contributed by atoms with Crippen LogP contribution in [0.1, 0.15) is 11.1 Å². The summed E-state index contributed by atoms with van der Waals surface area (Å²) in [7, 11) is 1.44. The van der Waals surface area contributed by atoms with Crippen molar-refractivity contribution in [1.82, 2.24) is 5.32 Å². The Morgan fingerprint density at radius 1 is 1.03 bits per heavy atom. The Bertz CT molecular complexity index is 973. The predicted octanol–water partition coefficient (Wildman–Crippen LogP) is 1.62. The van der Waals surface area contributed by atoms with Crippen LogP contribution < -0.4 is 25.3 Å². The summed E-state index contributed by atoms with van der Waals surface area (Å²) in [4.78, 5) is 34.5. The van der Waals surface area contributed by atoms with Crippen LogP contribution in [0.5, 0.6) is 17.2 Å². The third-order valence-corrected chi connectivity index (χ3v) is 4.00. The van der Waals surface area contributed by atoms with Gasteiger partial charge in [-0.3, -0.25) is 9.59 Å². The van der Waals surface area contributed by atoms with Gasteiger partial charge in [-0.05, 0) is 48.4 Å². The van der Waals surface area contributed by atoms with Gasteiger partial charge in [-0.25, -0.2) is 4.79 Å². The molecule has 2 aromatic rings. The van der Waals surface area contributed by atoms with E-state index in [1.54, 1.807) is 18.2 Å². The number of rotatable bonds is 12. The van der Waals surface area contributed by atoms with Gasteiger partial charge in [0.2, 0.25) is 0 Å². The van der Waals surface area contributed by atoms with Crippen LogP contribution in [-0.4, -0.2) is 51.3 Å². The Hall–Kier alpha value is -4.01. The number of amides is 2. The summed E-state index contributed by atoms with van der Waals surface area (Å²) in [5, 5.41) is 2.61. The molecule has 0 bridgehead atoms. The van der Waals surface area contributed by atoms with Crippen molar-refractivity contribution >= 4 is 23.9 Å². The fourth-order valence-electron chi connectivity index (χ4n) is 2.52. The molecular weight excluding hydrogens is 416 g/mol. The van der Waals surface area contributed by atoms with Crippen LogP contribution in [-0.2, 0) is 19.1 Å². The van der Waals surface area contributed by atoms with Gasteiger partial charge in [0.1, 0.15) is 12.4 Å². The molecule has 170 valence electrons. The second kappa shape index (κ2) is 12.6. The molecule has 3 N–H and O–H groups in total. The van der Waals surface area contributed by atoms with Crippen LogP contribution in [0.2, 0.25) is 0 Å². The number of primary amides is 1. The average molecular weight is 442 g/mol. The number of hydrogen-bond donors (Lipinski definition) is 2. The lowest BCUT2D eigenvalue weighted by atomic mass is 10.2. The van der Waals surface area contributed by atoms with Crippen molar-refractivity contribution in [2.24, 2.45) is 5.73 Å². The first-order valence-electron chi connectivity index (χ1n) is 9.77. The van der Waals surface area contributed by atoms with Crippen molar-refractivity contribution in [3.05, 3.63) is 59.7 Å². The highest BCUT2D eigenvalue weighted by Gasteiger charge is 2.08. The lowest BCUT2D eigenvalue weighted by Crippen LogP contribution is -2.31. The summed E-state index contributed by atoms with van der Waals surface area (Å²) < 4.78 is 20.9. The Labute approximate surface area is 186 Å². The van der Waals surface area contributed by atoms with E-state index in [1.165, 1.54) is 19.3 Å². The summed E-state index contributed by atoms with van der Waals surface area (Å²) in [5.41, 5.74) is 6.76. The number of carbonyl (C=O) groups is 3. The Morgan fingerprint density at radius 3 is 2.56 bits per heavy atom. The standard InChI is InChI=1S/C23H26N2O7/c1-16-4-3-5-18(12-16)30-11-10-25-22(27)15-32-23(28)9-7-17-6-8-19(20(13-17)29-2)31-14-21(24)26/h3-9,12-13H,10-11,14-15H2,1-2H3,(H2,24,26)(H,25,27)/b9-7+. The van der Waals surface area contributed by atoms with E-state index in [2.05, 4.69) is 5.32 Å². The number of esters is 1. The minimum atomic E-state index is -0.677. The number of carbonyl (C=O) groups excluding carboxylic acids is 3. The van der Waals surface area contributed by atoms with Crippen molar-refractivity contribution in [3.8, 4) is 17.2 Å². The molecule has 0 heterocycles. The highest BCUT2D eigenvalue weighted by Crippen LogP contribution is 2.28. The number of aryl methyl sites for hydroxylation is 1. The van der Waals surface area contributed by atoms with Crippen molar-refractivity contribution < 1.29 is 33.3 Å². The second-order valence-electron chi connectivity index (χ2n) is 6.62. The molecule has 0 aromatic heterocycles. The van der Waals surface area contributed by atoms with Gasteiger partial charge < -0.3 is 30.0 Å². The maximum absolute atomic E-state index is 11.8. The van der Waals surface area contributed by atoms with E-state index in [9.17, 15) is 14.4 Å². The highest BCUT2D eigenvalue weighted by atomic mass is 16.5. The molecule has 0 atom stereocenters. The van der Waals surface area contributed by atoms with Gasteiger partial charge in [0.05, 0.1) is 13.7 Å². The van der Waals surface area contributed by atoms with Crippen LogP contribution in [0.25, 0.3) is 6.08 Å². The molecule has 32 heavy (non-hydrogen) atoms. The minimum Gasteiger partial charge on any atom is -0.493 e. The summed E-state index contributed by atoms with van der Waals surface area (Å²) in [5.74, 6) is -0.286. The van der Waals surface area contributed by atoms with Crippen LogP contribution in [0.15, 0.2) is 48.5 Å². The van der Waals surface area contributed by atoms with E-state index >= 15 is 0 Å². The first-order chi connectivity index (χ1) is 15.4. The maximum Gasteiger partial charge on any atom is 0.331 e. The third kappa shape index (κ3) is 8.78. The molecule has 0 aliphatic carbocycles. The quantitative estimate of drug-likeness (QED) is 0.291. The van der Waals surface area contributed by atoms with Crippen molar-refractivity contribution in [1.29, 1.82) is 0 Å². The molecule has 0 aliphatic rings. The summed E-state index contributed by atoms with van der Waals surface area (Å²) in [6.07, 6.45) is 2.68. The molecule has 9 nitrogen and oxygen atoms in total. The van der Waals surface area contributed by atoms with Crippen molar-refractivity contribution in [3.63, 3.8) is 0 Å². The smallest absolute Gasteiger partial charge is 0.331 e. The van der Waals surface area contributed by atoms with Gasteiger partial charge in [-0.15, -0.1) is 0 Å². The molecule has 0 saturated heterocycles. The Morgan fingerprint density at radius 2 is 1.84 bits per heavy atom. The van der Waals surface area contributed by atoms with Crippen molar-refractivity contribution in [2.45, 2.75) is 6.92 Å². The number of nitrogens with two attached hydrogens (primary N) is 1. The first kappa shape index (κ1) is 24.3. The minimum absolute atomic E-state index is 0.280. The number of benzene rings is 2. The number of methoxy groups -OCH3 is 1. The molecule has 0 radical (unpaired) electrons. The van der Waals surface area contributed by atoms with Crippen LogP contribution >= 0.6 is 0 Å². The molecule has 0 unspecified atom stereocenters. The van der Waals surface area contributed by atoms with Crippen LogP contribution in [0.4, 0.5) is 0 Å². The summed E-state index contributed by atoms with van der Waals surface area (Å²) in [6, 6.07) is 12.4. The van der Waals surface area contributed by atoms with Crippen molar-refractivity contribution in [2.75, 3.05) is 33.5 Å². The van der Waals surface area contributed by atoms with E-state index in [4.69, 9.17) is 24.7 Å². The number of hydrogen-bond acceptors (Lipinski definition) is 7. The molecule has 0 fully saturated rings. The largest absolute Gasteiger partial charge is 0.493 e. The zero-order valence-corrected chi connectivity index (χ0v) is 18.0. The molecule has 0 saturated carbocycles. The number of ether oxygens (including phenoxy) is 4. The lowest BCUT2D eigenvalue weighted by molar-refractivity contribution is -0.143. The van der Waals surface area contributed by atoms with E-state index in [0.29, 0.717) is 23.7 Å². The van der Waals surface area contributed by atoms with Gasteiger partial charge in [0.25, 0.3) is 11.8 Å². The number of nitrogens with one attached hydrogen (secondary N) is 1. The summed E-state index contributed by atoms with van der Waals surface area (Å²) in [6.45, 7) is 1.85. The monoisotopic (exact) mass is 442 g/mol. The fraction of sp³-hybridized carbons (Fsp3) is 0.261. The summed E-state index contributed by atoms with van der Waals surface area (Å²) >= 11 is 0. The predicted molar refractivity (Wildman–Crippen MR) is 117 cm³/mol. The maximum atomic E-state index is 11.8. The fourth-order valence-corrected chi connectivity index (χ4v) is 2.52. The van der Waals surface area contributed by atoms with Crippen LogP contribution in [0.3, 0.4) is 0 Å². The molecule has 2 rings (SSSR count). The lowest BCUT2D eigenvalue weighted by Gasteiger charge is -2.10. The SMILES string of the molecule is COc1cc(/C=C/C(=O)OCC(=O)NCCOc2cccc(C)c2)ccc1OCC(N)=O. The Balaban J connectivity index is 1.72. The normalized spacial score (nSPS) is 10.4. The Kier molecular flexibility index (Phi) is 9.58. The molecule has 2 amide bonds. The second-order valence-corrected chi connectivity index (χ2v) is 6.62. The topological polar surface area (TPSA) is 126 Å². The third-order valence-electron chi connectivity index (χ3n) is 4.00.